The maximum atomic E-state index is 9.49. The topological polar surface area (TPSA) is 40.5 Å². The molecule has 2 N–H and O–H groups in total. The van der Waals surface area contributed by atoms with E-state index in [2.05, 4.69) is 21.0 Å². The van der Waals surface area contributed by atoms with E-state index in [0.717, 1.165) is 11.0 Å². The third kappa shape index (κ3) is 16.6. The summed E-state index contributed by atoms with van der Waals surface area (Å²) in [5.41, 5.74) is 0. The van der Waals surface area contributed by atoms with E-state index >= 15 is 0 Å². The first-order chi connectivity index (χ1) is 9.52. The standard InChI is InChI=1S/C17H38NO2.BrH/c1-4-5-6-7-8-9-10-11-12-13-14-18(2,3)15-17(20)16-19;/h17,19-20H,4-16H2,1-3H3;1H/q+1;/p-1. The number of halogens is 1. The lowest BCUT2D eigenvalue weighted by Crippen LogP contribution is -3.00. The van der Waals surface area contributed by atoms with Crippen molar-refractivity contribution in [3.63, 3.8) is 0 Å². The summed E-state index contributed by atoms with van der Waals surface area (Å²) in [6.45, 7) is 3.88. The van der Waals surface area contributed by atoms with Crippen LogP contribution in [-0.2, 0) is 0 Å². The van der Waals surface area contributed by atoms with E-state index in [-0.39, 0.29) is 23.6 Å². The predicted octanol–water partition coefficient (Wildman–Crippen LogP) is 0.341. The molecule has 0 radical (unpaired) electrons. The molecule has 4 heteroatoms. The highest BCUT2D eigenvalue weighted by Gasteiger charge is 2.19. The van der Waals surface area contributed by atoms with Gasteiger partial charge >= 0.3 is 0 Å². The maximum Gasteiger partial charge on any atom is 0.126 e. The number of unbranched alkanes of at least 4 members (excludes halogenated alkanes) is 9. The van der Waals surface area contributed by atoms with E-state index < -0.39 is 6.10 Å². The first-order valence-corrected chi connectivity index (χ1v) is 8.62. The quantitative estimate of drug-likeness (QED) is 0.343. The van der Waals surface area contributed by atoms with Crippen LogP contribution in [0.4, 0.5) is 0 Å². The Hall–Kier alpha value is 0.360. The van der Waals surface area contributed by atoms with Gasteiger partial charge < -0.3 is 31.7 Å². The highest BCUT2D eigenvalue weighted by Crippen LogP contribution is 2.11. The Kier molecular flexibility index (Phi) is 17.2. The van der Waals surface area contributed by atoms with E-state index in [4.69, 9.17) is 5.11 Å². The van der Waals surface area contributed by atoms with Gasteiger partial charge in [-0.3, -0.25) is 0 Å². The molecule has 0 rings (SSSR count). The van der Waals surface area contributed by atoms with Gasteiger partial charge in [0.15, 0.2) is 0 Å². The average molecular weight is 368 g/mol. The van der Waals surface area contributed by atoms with Crippen molar-refractivity contribution in [3.8, 4) is 0 Å². The molecule has 0 amide bonds. The van der Waals surface area contributed by atoms with Crippen LogP contribution in [-0.4, -0.2) is 54.6 Å². The molecule has 3 nitrogen and oxygen atoms in total. The molecular formula is C17H38BrNO2. The summed E-state index contributed by atoms with van der Waals surface area (Å²) in [7, 11) is 4.26. The van der Waals surface area contributed by atoms with Gasteiger partial charge in [-0.2, -0.15) is 0 Å². The third-order valence-electron chi connectivity index (χ3n) is 4.03. The van der Waals surface area contributed by atoms with Crippen molar-refractivity contribution in [3.05, 3.63) is 0 Å². The van der Waals surface area contributed by atoms with Gasteiger partial charge in [-0.1, -0.05) is 58.3 Å². The van der Waals surface area contributed by atoms with Crippen molar-refractivity contribution in [1.82, 2.24) is 0 Å². The van der Waals surface area contributed by atoms with Gasteiger partial charge in [0.1, 0.15) is 12.6 Å². The molecule has 21 heavy (non-hydrogen) atoms. The molecule has 0 bridgehead atoms. The number of nitrogens with zero attached hydrogens (tertiary/aromatic N) is 1. The number of hydrogen-bond acceptors (Lipinski definition) is 2. The van der Waals surface area contributed by atoms with Crippen LogP contribution in [0.5, 0.6) is 0 Å². The van der Waals surface area contributed by atoms with Crippen molar-refractivity contribution < 1.29 is 31.7 Å². The minimum Gasteiger partial charge on any atom is -1.00 e. The first kappa shape index (κ1) is 23.6. The third-order valence-corrected chi connectivity index (χ3v) is 4.03. The molecule has 0 aliphatic rings. The van der Waals surface area contributed by atoms with Gasteiger partial charge in [-0.05, 0) is 12.8 Å². The van der Waals surface area contributed by atoms with Crippen molar-refractivity contribution >= 4 is 0 Å². The molecule has 1 atom stereocenters. The highest BCUT2D eigenvalue weighted by molar-refractivity contribution is 4.51. The van der Waals surface area contributed by atoms with Crippen LogP contribution in [0, 0.1) is 0 Å². The van der Waals surface area contributed by atoms with Crippen LogP contribution in [0.25, 0.3) is 0 Å². The number of aliphatic hydroxyl groups excluding tert-OH is 2. The maximum absolute atomic E-state index is 9.49. The van der Waals surface area contributed by atoms with E-state index in [1.807, 2.05) is 0 Å². The minimum atomic E-state index is -0.576. The fourth-order valence-corrected chi connectivity index (χ4v) is 2.75. The Bertz CT molecular complexity index is 213. The molecule has 0 aliphatic heterocycles. The van der Waals surface area contributed by atoms with Gasteiger partial charge in [-0.15, -0.1) is 0 Å². The number of quaternary nitrogens is 1. The van der Waals surface area contributed by atoms with E-state index in [1.165, 1.54) is 64.2 Å². The van der Waals surface area contributed by atoms with Crippen LogP contribution in [0.1, 0.15) is 71.1 Å². The monoisotopic (exact) mass is 367 g/mol. The molecule has 0 saturated heterocycles. The summed E-state index contributed by atoms with van der Waals surface area (Å²) in [4.78, 5) is 0. The number of rotatable bonds is 14. The van der Waals surface area contributed by atoms with Crippen LogP contribution in [0.15, 0.2) is 0 Å². The second kappa shape index (κ2) is 15.3. The Morgan fingerprint density at radius 1 is 0.810 bits per heavy atom. The molecule has 0 saturated carbocycles. The van der Waals surface area contributed by atoms with Crippen molar-refractivity contribution in [2.75, 3.05) is 33.8 Å². The first-order valence-electron chi connectivity index (χ1n) is 8.62. The van der Waals surface area contributed by atoms with Crippen molar-refractivity contribution in [2.45, 2.75) is 77.2 Å². The SMILES string of the molecule is CCCCCCCCCCCC[N+](C)(C)CC(O)CO.[Br-]. The van der Waals surface area contributed by atoms with Gasteiger partial charge in [0.2, 0.25) is 0 Å². The Labute approximate surface area is 143 Å². The number of hydrogen-bond donors (Lipinski definition) is 2. The Balaban J connectivity index is 0. The van der Waals surface area contributed by atoms with Gasteiger partial charge in [0.05, 0.1) is 27.2 Å². The predicted molar refractivity (Wildman–Crippen MR) is 86.8 cm³/mol. The summed E-state index contributed by atoms with van der Waals surface area (Å²) in [6, 6.07) is 0. The molecule has 0 fully saturated rings. The fourth-order valence-electron chi connectivity index (χ4n) is 2.75. The smallest absolute Gasteiger partial charge is 0.126 e. The van der Waals surface area contributed by atoms with E-state index in [1.54, 1.807) is 0 Å². The fraction of sp³-hybridized carbons (Fsp3) is 1.00. The molecule has 0 aromatic carbocycles. The second-order valence-electron chi connectivity index (χ2n) is 6.86. The lowest BCUT2D eigenvalue weighted by Gasteiger charge is -2.31. The number of aliphatic hydroxyl groups is 2. The zero-order valence-electron chi connectivity index (χ0n) is 14.5. The summed E-state index contributed by atoms with van der Waals surface area (Å²) < 4.78 is 0.804. The Morgan fingerprint density at radius 3 is 1.67 bits per heavy atom. The largest absolute Gasteiger partial charge is 1.00 e. The molecule has 0 aromatic heterocycles. The van der Waals surface area contributed by atoms with Crippen molar-refractivity contribution in [2.24, 2.45) is 0 Å². The highest BCUT2D eigenvalue weighted by atomic mass is 79.9. The lowest BCUT2D eigenvalue weighted by atomic mass is 10.1. The van der Waals surface area contributed by atoms with Crippen molar-refractivity contribution in [1.29, 1.82) is 0 Å². The van der Waals surface area contributed by atoms with E-state index in [9.17, 15) is 5.11 Å². The summed E-state index contributed by atoms with van der Waals surface area (Å²) >= 11 is 0. The van der Waals surface area contributed by atoms with Gasteiger partial charge in [0.25, 0.3) is 0 Å². The molecule has 0 spiro atoms. The molecule has 1 unspecified atom stereocenters. The second-order valence-corrected chi connectivity index (χ2v) is 6.86. The normalized spacial score (nSPS) is 13.0. The number of likely N-dealkylation sites (N-methyl/N-ethyl adjacent to an activating group) is 1. The van der Waals surface area contributed by atoms with Gasteiger partial charge in [0, 0.05) is 0 Å². The zero-order valence-corrected chi connectivity index (χ0v) is 16.1. The summed E-state index contributed by atoms with van der Waals surface area (Å²) in [5, 5.41) is 18.4. The van der Waals surface area contributed by atoms with Crippen LogP contribution in [0.2, 0.25) is 0 Å². The molecule has 0 heterocycles. The molecular weight excluding hydrogens is 330 g/mol. The van der Waals surface area contributed by atoms with Crippen LogP contribution >= 0.6 is 0 Å². The average Bonchev–Trinajstić information content (AvgIpc) is 2.40. The summed E-state index contributed by atoms with van der Waals surface area (Å²) in [5.74, 6) is 0. The molecule has 0 aromatic rings. The Morgan fingerprint density at radius 2 is 1.24 bits per heavy atom. The minimum absolute atomic E-state index is 0. The van der Waals surface area contributed by atoms with Crippen LogP contribution < -0.4 is 17.0 Å². The molecule has 130 valence electrons. The van der Waals surface area contributed by atoms with Gasteiger partial charge in [-0.25, -0.2) is 0 Å². The summed E-state index contributed by atoms with van der Waals surface area (Å²) in [6.07, 6.45) is 13.0. The van der Waals surface area contributed by atoms with E-state index in [0.29, 0.717) is 6.54 Å². The lowest BCUT2D eigenvalue weighted by molar-refractivity contribution is -0.893. The van der Waals surface area contributed by atoms with Crippen LogP contribution in [0.3, 0.4) is 0 Å². The molecule has 0 aliphatic carbocycles. The zero-order chi connectivity index (χ0) is 15.3.